The molecule has 160 valence electrons. The van der Waals surface area contributed by atoms with Crippen LogP contribution in [-0.4, -0.2) is 9.97 Å². The zero-order chi connectivity index (χ0) is 22.5. The molecule has 0 radical (unpaired) electrons. The number of rotatable bonds is 6. The molecule has 0 amide bonds. The van der Waals surface area contributed by atoms with Gasteiger partial charge in [-0.1, -0.05) is 76.6 Å². The third-order valence-electron chi connectivity index (χ3n) is 5.33. The Balaban J connectivity index is 1.47. The molecule has 0 spiro atoms. The number of benzene rings is 3. The van der Waals surface area contributed by atoms with Crippen LogP contribution in [0.4, 0.5) is 0 Å². The molecule has 4 heteroatoms. The van der Waals surface area contributed by atoms with Crippen LogP contribution >= 0.6 is 15.9 Å². The quantitative estimate of drug-likeness (QED) is 0.242. The molecule has 0 fully saturated rings. The Bertz CT molecular complexity index is 1340. The van der Waals surface area contributed by atoms with E-state index in [1.54, 1.807) is 6.20 Å². The minimum absolute atomic E-state index is 0.549. The number of ether oxygens (including phenoxy) is 1. The molecule has 3 nitrogen and oxygen atoms in total. The van der Waals surface area contributed by atoms with E-state index in [4.69, 9.17) is 9.72 Å². The van der Waals surface area contributed by atoms with Crippen molar-refractivity contribution in [1.82, 2.24) is 9.97 Å². The highest BCUT2D eigenvalue weighted by Crippen LogP contribution is 2.31. The molecule has 5 rings (SSSR count). The Morgan fingerprint density at radius 2 is 1.30 bits per heavy atom. The average molecular weight is 493 g/mol. The van der Waals surface area contributed by atoms with Gasteiger partial charge in [-0.05, 0) is 65.2 Å². The minimum atomic E-state index is 0.549. The summed E-state index contributed by atoms with van der Waals surface area (Å²) in [5, 5.41) is 0. The van der Waals surface area contributed by atoms with E-state index in [1.165, 1.54) is 0 Å². The van der Waals surface area contributed by atoms with Crippen molar-refractivity contribution < 1.29 is 4.74 Å². The van der Waals surface area contributed by atoms with E-state index in [2.05, 4.69) is 69.4 Å². The molecule has 0 atom stereocenters. The molecular formula is C29H21BrN2O. The van der Waals surface area contributed by atoms with E-state index in [0.29, 0.717) is 6.61 Å². The molecule has 2 aromatic heterocycles. The van der Waals surface area contributed by atoms with Gasteiger partial charge >= 0.3 is 0 Å². The maximum atomic E-state index is 5.95. The lowest BCUT2D eigenvalue weighted by Gasteiger charge is -2.11. The van der Waals surface area contributed by atoms with E-state index >= 15 is 0 Å². The van der Waals surface area contributed by atoms with E-state index in [-0.39, 0.29) is 0 Å². The molecule has 0 aliphatic rings. The van der Waals surface area contributed by atoms with Gasteiger partial charge in [0.1, 0.15) is 12.4 Å². The van der Waals surface area contributed by atoms with E-state index in [0.717, 1.165) is 49.6 Å². The van der Waals surface area contributed by atoms with Crippen LogP contribution in [0.25, 0.3) is 33.8 Å². The number of halogens is 1. The molecule has 33 heavy (non-hydrogen) atoms. The topological polar surface area (TPSA) is 35.0 Å². The van der Waals surface area contributed by atoms with Gasteiger partial charge in [0, 0.05) is 16.2 Å². The maximum absolute atomic E-state index is 5.95. The second kappa shape index (κ2) is 9.80. The fourth-order valence-corrected chi connectivity index (χ4v) is 3.86. The van der Waals surface area contributed by atoms with Crippen LogP contribution in [0.15, 0.2) is 120 Å². The fraction of sp³-hybridized carbons (Fsp3) is 0.0345. The Labute approximate surface area is 201 Å². The van der Waals surface area contributed by atoms with Crippen molar-refractivity contribution in [3.8, 4) is 39.5 Å². The van der Waals surface area contributed by atoms with Crippen LogP contribution in [0.2, 0.25) is 0 Å². The van der Waals surface area contributed by atoms with Gasteiger partial charge < -0.3 is 4.74 Å². The summed E-state index contributed by atoms with van der Waals surface area (Å²) in [7, 11) is 0. The molecule has 5 aromatic rings. The zero-order valence-corrected chi connectivity index (χ0v) is 19.4. The van der Waals surface area contributed by atoms with Crippen LogP contribution in [0.5, 0.6) is 5.75 Å². The summed E-state index contributed by atoms with van der Waals surface area (Å²) in [6, 6.07) is 36.7. The number of nitrogens with zero attached hydrogens (tertiary/aromatic N) is 2. The summed E-state index contributed by atoms with van der Waals surface area (Å²) < 4.78 is 6.99. The predicted molar refractivity (Wildman–Crippen MR) is 137 cm³/mol. The summed E-state index contributed by atoms with van der Waals surface area (Å²) in [6.07, 6.45) is 1.79. The lowest BCUT2D eigenvalue weighted by Crippen LogP contribution is -1.95. The van der Waals surface area contributed by atoms with Gasteiger partial charge in [-0.15, -0.1) is 0 Å². The Morgan fingerprint density at radius 1 is 0.606 bits per heavy atom. The lowest BCUT2D eigenvalue weighted by molar-refractivity contribution is 0.306. The summed E-state index contributed by atoms with van der Waals surface area (Å²) in [5.74, 6) is 0.842. The number of aromatic nitrogens is 2. The molecule has 2 heterocycles. The average Bonchev–Trinajstić information content (AvgIpc) is 2.89. The molecule has 0 saturated carbocycles. The molecule has 0 N–H and O–H groups in total. The van der Waals surface area contributed by atoms with Crippen molar-refractivity contribution in [2.75, 3.05) is 0 Å². The standard InChI is InChI=1S/C29H21BrN2O/c30-25-13-9-23(10-14-25)28-18-24(19-29(32-28)27-8-4-5-17-31-27)22-11-15-26(16-12-22)33-20-21-6-2-1-3-7-21/h1-19H,20H2. The Morgan fingerprint density at radius 3 is 2.03 bits per heavy atom. The summed E-state index contributed by atoms with van der Waals surface area (Å²) in [6.45, 7) is 0.549. The molecule has 0 aliphatic heterocycles. The fourth-order valence-electron chi connectivity index (χ4n) is 3.60. The van der Waals surface area contributed by atoms with E-state index < -0.39 is 0 Å². The van der Waals surface area contributed by atoms with Gasteiger partial charge in [0.2, 0.25) is 0 Å². The number of pyridine rings is 2. The molecular weight excluding hydrogens is 472 g/mol. The number of hydrogen-bond donors (Lipinski definition) is 0. The SMILES string of the molecule is Brc1ccc(-c2cc(-c3ccc(OCc4ccccc4)cc3)cc(-c3ccccn3)n2)cc1. The van der Waals surface area contributed by atoms with Gasteiger partial charge in [0.05, 0.1) is 17.1 Å². The maximum Gasteiger partial charge on any atom is 0.119 e. The van der Waals surface area contributed by atoms with Crippen molar-refractivity contribution in [2.24, 2.45) is 0 Å². The lowest BCUT2D eigenvalue weighted by atomic mass is 10.0. The number of hydrogen-bond acceptors (Lipinski definition) is 3. The molecule has 0 bridgehead atoms. The van der Waals surface area contributed by atoms with Gasteiger partial charge in [-0.2, -0.15) is 0 Å². The van der Waals surface area contributed by atoms with Gasteiger partial charge in [0.25, 0.3) is 0 Å². The van der Waals surface area contributed by atoms with Crippen molar-refractivity contribution in [2.45, 2.75) is 6.61 Å². The molecule has 0 unspecified atom stereocenters. The Hall–Kier alpha value is -3.76. The third kappa shape index (κ3) is 5.18. The predicted octanol–water partition coefficient (Wildman–Crippen LogP) is 7.82. The van der Waals surface area contributed by atoms with Crippen LogP contribution in [0, 0.1) is 0 Å². The van der Waals surface area contributed by atoms with Crippen LogP contribution in [0.1, 0.15) is 5.56 Å². The monoisotopic (exact) mass is 492 g/mol. The molecule has 0 aliphatic carbocycles. The van der Waals surface area contributed by atoms with Crippen molar-refractivity contribution >= 4 is 15.9 Å². The molecule has 3 aromatic carbocycles. The second-order valence-electron chi connectivity index (χ2n) is 7.65. The van der Waals surface area contributed by atoms with Gasteiger partial charge in [0.15, 0.2) is 0 Å². The summed E-state index contributed by atoms with van der Waals surface area (Å²) >= 11 is 3.51. The minimum Gasteiger partial charge on any atom is -0.489 e. The first-order valence-corrected chi connectivity index (χ1v) is 11.5. The third-order valence-corrected chi connectivity index (χ3v) is 5.86. The van der Waals surface area contributed by atoms with Gasteiger partial charge in [-0.3, -0.25) is 4.98 Å². The highest BCUT2D eigenvalue weighted by molar-refractivity contribution is 9.10. The first kappa shape index (κ1) is 21.1. The van der Waals surface area contributed by atoms with Crippen molar-refractivity contribution in [3.63, 3.8) is 0 Å². The Kier molecular flexibility index (Phi) is 6.27. The first-order chi connectivity index (χ1) is 16.2. The van der Waals surface area contributed by atoms with E-state index in [1.807, 2.05) is 60.7 Å². The van der Waals surface area contributed by atoms with Crippen LogP contribution in [-0.2, 0) is 6.61 Å². The summed E-state index contributed by atoms with van der Waals surface area (Å²) in [4.78, 5) is 9.42. The summed E-state index contributed by atoms with van der Waals surface area (Å²) in [5.41, 5.74) is 6.98. The highest BCUT2D eigenvalue weighted by Gasteiger charge is 2.10. The van der Waals surface area contributed by atoms with Crippen LogP contribution < -0.4 is 4.74 Å². The van der Waals surface area contributed by atoms with Crippen molar-refractivity contribution in [3.05, 3.63) is 125 Å². The van der Waals surface area contributed by atoms with Gasteiger partial charge in [-0.25, -0.2) is 4.98 Å². The second-order valence-corrected chi connectivity index (χ2v) is 8.56. The first-order valence-electron chi connectivity index (χ1n) is 10.7. The molecule has 0 saturated heterocycles. The highest BCUT2D eigenvalue weighted by atomic mass is 79.9. The van der Waals surface area contributed by atoms with E-state index in [9.17, 15) is 0 Å². The van der Waals surface area contributed by atoms with Crippen LogP contribution in [0.3, 0.4) is 0 Å². The largest absolute Gasteiger partial charge is 0.489 e. The normalized spacial score (nSPS) is 10.7. The van der Waals surface area contributed by atoms with Crippen molar-refractivity contribution in [1.29, 1.82) is 0 Å². The smallest absolute Gasteiger partial charge is 0.119 e. The zero-order valence-electron chi connectivity index (χ0n) is 17.9.